The molecule has 0 aliphatic rings. The van der Waals surface area contributed by atoms with Crippen molar-refractivity contribution >= 4 is 22.4 Å². The van der Waals surface area contributed by atoms with Crippen LogP contribution < -0.4 is 10.1 Å². The van der Waals surface area contributed by atoms with Gasteiger partial charge < -0.3 is 10.1 Å². The lowest BCUT2D eigenvalue weighted by Crippen LogP contribution is -2.15. The van der Waals surface area contributed by atoms with Gasteiger partial charge in [0.2, 0.25) is 5.91 Å². The summed E-state index contributed by atoms with van der Waals surface area (Å²) in [6.07, 6.45) is 0.284. The summed E-state index contributed by atoms with van der Waals surface area (Å²) in [5.74, 6) is 0.716. The summed E-state index contributed by atoms with van der Waals surface area (Å²) >= 11 is 1.44. The molecule has 0 atom stereocenters. The summed E-state index contributed by atoms with van der Waals surface area (Å²) in [5, 5.41) is 5.46. The Balaban J connectivity index is 1.58. The Bertz CT molecular complexity index is 963. The summed E-state index contributed by atoms with van der Waals surface area (Å²) in [6, 6.07) is 12.1. The van der Waals surface area contributed by atoms with Crippen LogP contribution in [0.5, 0.6) is 5.75 Å². The highest BCUT2D eigenvalue weighted by atomic mass is 32.1. The maximum Gasteiger partial charge on any atom is 0.229 e. The average molecular weight is 381 g/mol. The van der Waals surface area contributed by atoms with Gasteiger partial charge in [0.05, 0.1) is 18.7 Å². The molecule has 0 unspecified atom stereocenters. The van der Waals surface area contributed by atoms with Gasteiger partial charge in [-0.25, -0.2) is 4.98 Å². The lowest BCUT2D eigenvalue weighted by molar-refractivity contribution is -0.116. The van der Waals surface area contributed by atoms with Crippen molar-refractivity contribution in [1.82, 2.24) is 4.98 Å². The Kier molecular flexibility index (Phi) is 5.91. The van der Waals surface area contributed by atoms with Crippen molar-refractivity contribution in [3.05, 3.63) is 64.0 Å². The Morgan fingerprint density at radius 2 is 1.78 bits per heavy atom. The second-order valence-corrected chi connectivity index (χ2v) is 7.56. The molecule has 0 saturated carbocycles. The molecule has 3 aromatic rings. The normalized spacial score (nSPS) is 10.7. The maximum atomic E-state index is 12.2. The van der Waals surface area contributed by atoms with Gasteiger partial charge in [-0.05, 0) is 62.1 Å². The zero-order chi connectivity index (χ0) is 19.4. The molecule has 0 fully saturated rings. The fourth-order valence-corrected chi connectivity index (χ4v) is 3.57. The zero-order valence-electron chi connectivity index (χ0n) is 16.1. The van der Waals surface area contributed by atoms with E-state index in [1.807, 2.05) is 36.6 Å². The number of anilines is 1. The van der Waals surface area contributed by atoms with Crippen LogP contribution in [0.1, 0.15) is 28.7 Å². The predicted octanol–water partition coefficient (Wildman–Crippen LogP) is 5.45. The van der Waals surface area contributed by atoms with Crippen LogP contribution in [0.4, 0.5) is 5.13 Å². The molecule has 1 N–H and O–H groups in total. The van der Waals surface area contributed by atoms with Crippen molar-refractivity contribution in [3.63, 3.8) is 0 Å². The third-order valence-corrected chi connectivity index (χ3v) is 5.31. The van der Waals surface area contributed by atoms with Crippen LogP contribution in [0.25, 0.3) is 11.3 Å². The van der Waals surface area contributed by atoms with Crippen molar-refractivity contribution in [1.29, 1.82) is 0 Å². The van der Waals surface area contributed by atoms with Gasteiger partial charge in [-0.1, -0.05) is 24.3 Å². The largest absolute Gasteiger partial charge is 0.493 e. The molecule has 27 heavy (non-hydrogen) atoms. The lowest BCUT2D eigenvalue weighted by Gasteiger charge is -2.08. The summed E-state index contributed by atoms with van der Waals surface area (Å²) in [6.45, 7) is 8.62. The van der Waals surface area contributed by atoms with Crippen molar-refractivity contribution in [2.45, 2.75) is 34.1 Å². The molecule has 0 spiro atoms. The SMILES string of the molecule is Cc1cc(C)c(-c2csc(NC(=O)CCOc3ccccc3C)n2)cc1C. The number of aromatic nitrogens is 1. The quantitative estimate of drug-likeness (QED) is 0.618. The first-order valence-electron chi connectivity index (χ1n) is 8.96. The molecular formula is C22H24N2O2S. The number of hydrogen-bond donors (Lipinski definition) is 1. The molecule has 5 heteroatoms. The number of rotatable bonds is 6. The van der Waals surface area contributed by atoms with Gasteiger partial charge in [-0.15, -0.1) is 11.3 Å². The van der Waals surface area contributed by atoms with E-state index in [0.29, 0.717) is 11.7 Å². The van der Waals surface area contributed by atoms with E-state index in [0.717, 1.165) is 22.6 Å². The number of hydrogen-bond acceptors (Lipinski definition) is 4. The number of benzene rings is 2. The minimum atomic E-state index is -0.0960. The number of carbonyl (C=O) groups excluding carboxylic acids is 1. The minimum Gasteiger partial charge on any atom is -0.493 e. The van der Waals surface area contributed by atoms with Crippen LogP contribution in [0.3, 0.4) is 0 Å². The highest BCUT2D eigenvalue weighted by Crippen LogP contribution is 2.29. The summed E-state index contributed by atoms with van der Waals surface area (Å²) in [7, 11) is 0. The van der Waals surface area contributed by atoms with E-state index in [-0.39, 0.29) is 12.3 Å². The fourth-order valence-electron chi connectivity index (χ4n) is 2.85. The Labute approximate surface area is 164 Å². The van der Waals surface area contributed by atoms with Gasteiger partial charge in [0, 0.05) is 10.9 Å². The number of thiazole rings is 1. The van der Waals surface area contributed by atoms with Gasteiger partial charge >= 0.3 is 0 Å². The van der Waals surface area contributed by atoms with E-state index in [2.05, 4.69) is 43.2 Å². The van der Waals surface area contributed by atoms with Crippen LogP contribution in [-0.4, -0.2) is 17.5 Å². The molecule has 0 radical (unpaired) electrons. The average Bonchev–Trinajstić information content (AvgIpc) is 3.08. The van der Waals surface area contributed by atoms with Gasteiger partial charge in [0.25, 0.3) is 0 Å². The van der Waals surface area contributed by atoms with Crippen LogP contribution in [0.15, 0.2) is 41.8 Å². The summed E-state index contributed by atoms with van der Waals surface area (Å²) < 4.78 is 5.68. The van der Waals surface area contributed by atoms with Crippen LogP contribution in [0, 0.1) is 27.7 Å². The number of carbonyl (C=O) groups is 1. The predicted molar refractivity (Wildman–Crippen MR) is 112 cm³/mol. The molecule has 1 heterocycles. The van der Waals surface area contributed by atoms with E-state index in [9.17, 15) is 4.79 Å². The molecule has 1 amide bonds. The molecule has 0 saturated heterocycles. The molecule has 4 nitrogen and oxygen atoms in total. The number of nitrogens with one attached hydrogen (secondary N) is 1. The molecular weight excluding hydrogens is 356 g/mol. The molecule has 2 aromatic carbocycles. The monoisotopic (exact) mass is 380 g/mol. The van der Waals surface area contributed by atoms with E-state index in [1.165, 1.54) is 28.0 Å². The number of amides is 1. The Hall–Kier alpha value is -2.66. The summed E-state index contributed by atoms with van der Waals surface area (Å²) in [5.41, 5.74) is 6.76. The molecule has 0 aliphatic heterocycles. The van der Waals surface area contributed by atoms with E-state index >= 15 is 0 Å². The van der Waals surface area contributed by atoms with Crippen molar-refractivity contribution in [3.8, 4) is 17.0 Å². The first kappa shape index (κ1) is 19.1. The number of ether oxygens (including phenoxy) is 1. The Morgan fingerprint density at radius 1 is 1.04 bits per heavy atom. The summed E-state index contributed by atoms with van der Waals surface area (Å²) in [4.78, 5) is 16.8. The van der Waals surface area contributed by atoms with E-state index < -0.39 is 0 Å². The van der Waals surface area contributed by atoms with Crippen molar-refractivity contribution < 1.29 is 9.53 Å². The van der Waals surface area contributed by atoms with Crippen molar-refractivity contribution in [2.24, 2.45) is 0 Å². The zero-order valence-corrected chi connectivity index (χ0v) is 16.9. The molecule has 0 aliphatic carbocycles. The highest BCUT2D eigenvalue weighted by molar-refractivity contribution is 7.14. The number of nitrogens with zero attached hydrogens (tertiary/aromatic N) is 1. The van der Waals surface area contributed by atoms with Gasteiger partial charge in [-0.3, -0.25) is 4.79 Å². The maximum absolute atomic E-state index is 12.2. The third kappa shape index (κ3) is 4.74. The Morgan fingerprint density at radius 3 is 2.56 bits per heavy atom. The first-order chi connectivity index (χ1) is 12.9. The molecule has 1 aromatic heterocycles. The van der Waals surface area contributed by atoms with Crippen molar-refractivity contribution in [2.75, 3.05) is 11.9 Å². The number of para-hydroxylation sites is 1. The molecule has 0 bridgehead atoms. The molecule has 140 valence electrons. The molecule has 3 rings (SSSR count). The topological polar surface area (TPSA) is 51.2 Å². The van der Waals surface area contributed by atoms with E-state index in [4.69, 9.17) is 4.74 Å². The van der Waals surface area contributed by atoms with Crippen LogP contribution in [-0.2, 0) is 4.79 Å². The standard InChI is InChI=1S/C22H24N2O2S/c1-14-7-5-6-8-20(14)26-10-9-21(25)24-22-23-19(13-27-22)18-12-16(3)15(2)11-17(18)4/h5-8,11-13H,9-10H2,1-4H3,(H,23,24,25). The minimum absolute atomic E-state index is 0.0960. The second-order valence-electron chi connectivity index (χ2n) is 6.70. The third-order valence-electron chi connectivity index (χ3n) is 4.55. The van der Waals surface area contributed by atoms with E-state index in [1.54, 1.807) is 0 Å². The van der Waals surface area contributed by atoms with Gasteiger partial charge in [-0.2, -0.15) is 0 Å². The highest BCUT2D eigenvalue weighted by Gasteiger charge is 2.11. The fraction of sp³-hybridized carbons (Fsp3) is 0.273. The smallest absolute Gasteiger partial charge is 0.229 e. The van der Waals surface area contributed by atoms with Gasteiger partial charge in [0.15, 0.2) is 5.13 Å². The lowest BCUT2D eigenvalue weighted by atomic mass is 9.99. The van der Waals surface area contributed by atoms with Crippen LogP contribution >= 0.6 is 11.3 Å². The van der Waals surface area contributed by atoms with Crippen LogP contribution in [0.2, 0.25) is 0 Å². The number of aryl methyl sites for hydroxylation is 4. The second kappa shape index (κ2) is 8.35. The van der Waals surface area contributed by atoms with Gasteiger partial charge in [0.1, 0.15) is 5.75 Å². The first-order valence-corrected chi connectivity index (χ1v) is 9.84.